The summed E-state index contributed by atoms with van der Waals surface area (Å²) in [4.78, 5) is 45.4. The van der Waals surface area contributed by atoms with E-state index in [9.17, 15) is 18.8 Å². The van der Waals surface area contributed by atoms with Crippen LogP contribution in [-0.2, 0) is 16.1 Å². The molecule has 2 N–H and O–H groups in total. The van der Waals surface area contributed by atoms with Crippen molar-refractivity contribution >= 4 is 29.3 Å². The Morgan fingerprint density at radius 1 is 1.20 bits per heavy atom. The molecule has 0 saturated carbocycles. The summed E-state index contributed by atoms with van der Waals surface area (Å²) in [7, 11) is 0. The van der Waals surface area contributed by atoms with Gasteiger partial charge in [0.05, 0.1) is 23.7 Å². The van der Waals surface area contributed by atoms with Gasteiger partial charge in [-0.25, -0.2) is 9.37 Å². The van der Waals surface area contributed by atoms with E-state index >= 15 is 0 Å². The zero-order valence-corrected chi connectivity index (χ0v) is 23.3. The summed E-state index contributed by atoms with van der Waals surface area (Å²) in [5.41, 5.74) is 0.946. The highest BCUT2D eigenvalue weighted by Crippen LogP contribution is 2.23. The second kappa shape index (κ2) is 13.4. The van der Waals surface area contributed by atoms with Crippen LogP contribution in [0.4, 0.5) is 4.39 Å². The van der Waals surface area contributed by atoms with Gasteiger partial charge in [-0.1, -0.05) is 37.6 Å². The molecule has 0 aliphatic carbocycles. The van der Waals surface area contributed by atoms with Crippen molar-refractivity contribution in [3.63, 3.8) is 0 Å². The van der Waals surface area contributed by atoms with E-state index in [2.05, 4.69) is 15.6 Å². The molecule has 2 bridgehead atoms. The Hall–Kier alpha value is -3.92. The van der Waals surface area contributed by atoms with Crippen molar-refractivity contribution in [3.8, 4) is 17.1 Å². The van der Waals surface area contributed by atoms with Gasteiger partial charge in [0, 0.05) is 37.6 Å². The van der Waals surface area contributed by atoms with Gasteiger partial charge in [-0.2, -0.15) is 0 Å². The van der Waals surface area contributed by atoms with Gasteiger partial charge < -0.3 is 24.8 Å². The smallest absolute Gasteiger partial charge is 0.255 e. The first-order valence-electron chi connectivity index (χ1n) is 13.3. The molecule has 4 rings (SSSR count). The quantitative estimate of drug-likeness (QED) is 0.497. The third kappa shape index (κ3) is 7.59. The minimum Gasteiger partial charge on any atom is -0.494 e. The molecule has 9 nitrogen and oxygen atoms in total. The Balaban J connectivity index is 1.60. The van der Waals surface area contributed by atoms with Crippen LogP contribution in [0, 0.1) is 11.7 Å². The molecule has 1 aliphatic heterocycles. The Labute approximate surface area is 237 Å². The second-order valence-corrected chi connectivity index (χ2v) is 10.5. The first kappa shape index (κ1) is 29.1. The number of nitrogens with one attached hydrogen (secondary N) is 2. The summed E-state index contributed by atoms with van der Waals surface area (Å²) < 4.78 is 21.5. The maximum atomic E-state index is 13.6. The van der Waals surface area contributed by atoms with E-state index in [-0.39, 0.29) is 42.1 Å². The van der Waals surface area contributed by atoms with Crippen LogP contribution in [0.5, 0.6) is 5.75 Å². The summed E-state index contributed by atoms with van der Waals surface area (Å²) in [5.74, 6) is -0.378. The van der Waals surface area contributed by atoms with Gasteiger partial charge >= 0.3 is 0 Å². The van der Waals surface area contributed by atoms with Gasteiger partial charge in [-0.05, 0) is 49.1 Å². The standard InChI is InChI=1S/C29H33ClFN5O4/c1-19(2)15-25-28(38)33-10-13-35-12-9-32-27(35)20-5-3-6-22(16-20)40-14-4-11-36(18-26(37)34-25)29(39)23-8-7-21(31)17-24(23)30/h3,5-9,12,16-17,19,25H,4,10-11,13-15,18H2,1-2H3,(H,33,38)(H,34,37)/t25-/m1/s1. The fraction of sp³-hybridized carbons (Fsp3) is 0.379. The average Bonchev–Trinajstić information content (AvgIpc) is 3.37. The molecule has 0 spiro atoms. The predicted octanol–water partition coefficient (Wildman–Crippen LogP) is 3.91. The maximum absolute atomic E-state index is 13.6. The van der Waals surface area contributed by atoms with Crippen LogP contribution in [0.2, 0.25) is 5.02 Å². The summed E-state index contributed by atoms with van der Waals surface area (Å²) in [6.07, 6.45) is 4.38. The number of rotatable bonds is 3. The number of amides is 3. The molecule has 0 saturated heterocycles. The SMILES string of the molecule is CC(C)C[C@H]1NC(=O)CN(C(=O)c2ccc(F)cc2Cl)CCCOc2cccc(c2)-c2nccn2CCNC1=O. The summed E-state index contributed by atoms with van der Waals surface area (Å²) in [6.45, 7) is 4.88. The average molecular weight is 570 g/mol. The molecule has 1 aromatic heterocycles. The molecule has 2 aromatic carbocycles. The third-order valence-electron chi connectivity index (χ3n) is 6.44. The van der Waals surface area contributed by atoms with Crippen LogP contribution >= 0.6 is 11.6 Å². The highest BCUT2D eigenvalue weighted by Gasteiger charge is 2.26. The lowest BCUT2D eigenvalue weighted by atomic mass is 10.0. The molecule has 3 aromatic rings. The number of ether oxygens (including phenoxy) is 1. The molecule has 212 valence electrons. The minimum absolute atomic E-state index is 0.0478. The highest BCUT2D eigenvalue weighted by molar-refractivity contribution is 6.33. The molecule has 0 unspecified atom stereocenters. The largest absolute Gasteiger partial charge is 0.494 e. The molecule has 0 radical (unpaired) electrons. The number of imidazole rings is 1. The lowest BCUT2D eigenvalue weighted by molar-refractivity contribution is -0.129. The number of aromatic nitrogens is 2. The van der Waals surface area contributed by atoms with Crippen LogP contribution in [0.25, 0.3) is 11.4 Å². The molecule has 2 heterocycles. The zero-order valence-electron chi connectivity index (χ0n) is 22.5. The lowest BCUT2D eigenvalue weighted by Crippen LogP contribution is -2.51. The Kier molecular flexibility index (Phi) is 9.76. The minimum atomic E-state index is -0.778. The van der Waals surface area contributed by atoms with Crippen LogP contribution in [0.15, 0.2) is 54.9 Å². The van der Waals surface area contributed by atoms with Gasteiger partial charge in [-0.3, -0.25) is 14.4 Å². The Bertz CT molecular complexity index is 1360. The van der Waals surface area contributed by atoms with E-state index in [1.54, 1.807) is 6.20 Å². The monoisotopic (exact) mass is 569 g/mol. The van der Waals surface area contributed by atoms with Gasteiger partial charge in [0.25, 0.3) is 5.91 Å². The summed E-state index contributed by atoms with van der Waals surface area (Å²) >= 11 is 6.15. The fourth-order valence-corrected chi connectivity index (χ4v) is 4.79. The number of nitrogens with zero attached hydrogens (tertiary/aromatic N) is 3. The number of halogens is 2. The third-order valence-corrected chi connectivity index (χ3v) is 6.76. The van der Waals surface area contributed by atoms with Crippen molar-refractivity contribution in [1.29, 1.82) is 0 Å². The first-order valence-corrected chi connectivity index (χ1v) is 13.6. The molecular weight excluding hydrogens is 537 g/mol. The molecule has 11 heteroatoms. The molecule has 40 heavy (non-hydrogen) atoms. The van der Waals surface area contributed by atoms with E-state index in [0.29, 0.717) is 31.7 Å². The molecule has 0 fully saturated rings. The summed E-state index contributed by atoms with van der Waals surface area (Å²) in [5, 5.41) is 5.66. The van der Waals surface area contributed by atoms with Gasteiger partial charge in [0.2, 0.25) is 11.8 Å². The van der Waals surface area contributed by atoms with E-state index in [1.165, 1.54) is 11.0 Å². The number of fused-ring (bicyclic) bond motifs is 4. The van der Waals surface area contributed by atoms with Crippen LogP contribution in [0.1, 0.15) is 37.0 Å². The van der Waals surface area contributed by atoms with Crippen LogP contribution < -0.4 is 15.4 Å². The molecular formula is C29H33ClFN5O4. The van der Waals surface area contributed by atoms with Crippen molar-refractivity contribution in [1.82, 2.24) is 25.1 Å². The Morgan fingerprint density at radius 2 is 2.02 bits per heavy atom. The first-order chi connectivity index (χ1) is 19.2. The van der Waals surface area contributed by atoms with Crippen molar-refractivity contribution in [2.45, 2.75) is 39.3 Å². The van der Waals surface area contributed by atoms with Crippen LogP contribution in [-0.4, -0.2) is 64.5 Å². The topological polar surface area (TPSA) is 106 Å². The number of hydrogen-bond acceptors (Lipinski definition) is 5. The second-order valence-electron chi connectivity index (χ2n) is 10.1. The van der Waals surface area contributed by atoms with E-state index in [0.717, 1.165) is 23.5 Å². The van der Waals surface area contributed by atoms with E-state index < -0.39 is 23.7 Å². The van der Waals surface area contributed by atoms with Crippen molar-refractivity contribution in [2.75, 3.05) is 26.2 Å². The lowest BCUT2D eigenvalue weighted by Gasteiger charge is -2.25. The maximum Gasteiger partial charge on any atom is 0.255 e. The zero-order chi connectivity index (χ0) is 28.6. The van der Waals surface area contributed by atoms with E-state index in [1.807, 2.05) is 48.9 Å². The summed E-state index contributed by atoms with van der Waals surface area (Å²) in [6, 6.07) is 10.2. The normalized spacial score (nSPS) is 17.2. The Morgan fingerprint density at radius 3 is 2.80 bits per heavy atom. The predicted molar refractivity (Wildman–Crippen MR) is 149 cm³/mol. The highest BCUT2D eigenvalue weighted by atomic mass is 35.5. The molecule has 1 aliphatic rings. The molecule has 1 atom stereocenters. The fourth-order valence-electron chi connectivity index (χ4n) is 4.55. The number of benzene rings is 2. The van der Waals surface area contributed by atoms with Crippen molar-refractivity contribution in [2.24, 2.45) is 5.92 Å². The number of carbonyl (C=O) groups is 3. The van der Waals surface area contributed by atoms with Gasteiger partial charge in [0.1, 0.15) is 23.4 Å². The molecule has 3 amide bonds. The van der Waals surface area contributed by atoms with Crippen molar-refractivity contribution in [3.05, 3.63) is 71.3 Å². The van der Waals surface area contributed by atoms with Crippen molar-refractivity contribution < 1.29 is 23.5 Å². The van der Waals surface area contributed by atoms with Gasteiger partial charge in [0.15, 0.2) is 0 Å². The van der Waals surface area contributed by atoms with E-state index in [4.69, 9.17) is 16.3 Å². The number of hydrogen-bond donors (Lipinski definition) is 2. The van der Waals surface area contributed by atoms with Crippen LogP contribution in [0.3, 0.4) is 0 Å². The number of carbonyl (C=O) groups excluding carboxylic acids is 3. The van der Waals surface area contributed by atoms with Gasteiger partial charge in [-0.15, -0.1) is 0 Å².